The number of nitrogens with zero attached hydrogens (tertiary/aromatic N) is 5. The number of benzodiazepines with no additional fused rings is 1. The van der Waals surface area contributed by atoms with Gasteiger partial charge in [0.25, 0.3) is 5.91 Å². The molecule has 44 heavy (non-hydrogen) atoms. The molecule has 3 aromatic rings. The van der Waals surface area contributed by atoms with E-state index < -0.39 is 12.2 Å². The van der Waals surface area contributed by atoms with Crippen LogP contribution in [0.15, 0.2) is 78.0 Å². The van der Waals surface area contributed by atoms with Crippen molar-refractivity contribution in [2.24, 2.45) is 16.8 Å². The first-order valence-electron chi connectivity index (χ1n) is 16.0. The summed E-state index contributed by atoms with van der Waals surface area (Å²) in [6, 6.07) is 19.6. The molecule has 3 amide bonds. The second kappa shape index (κ2) is 13.5. The van der Waals surface area contributed by atoms with Gasteiger partial charge in [0.05, 0.1) is 11.4 Å². The number of hydrogen-bond acceptors (Lipinski definition) is 6. The fourth-order valence-corrected chi connectivity index (χ4v) is 6.63. The van der Waals surface area contributed by atoms with Crippen molar-refractivity contribution < 1.29 is 9.59 Å². The molecule has 1 unspecified atom stereocenters. The van der Waals surface area contributed by atoms with E-state index >= 15 is 0 Å². The molecule has 1 saturated carbocycles. The van der Waals surface area contributed by atoms with Gasteiger partial charge in [-0.2, -0.15) is 0 Å². The monoisotopic (exact) mass is 593 g/mol. The predicted octanol–water partition coefficient (Wildman–Crippen LogP) is 5.93. The van der Waals surface area contributed by atoms with Gasteiger partial charge in [-0.3, -0.25) is 14.8 Å². The van der Waals surface area contributed by atoms with E-state index in [1.807, 2.05) is 71.9 Å². The lowest BCUT2D eigenvalue weighted by molar-refractivity contribution is -0.120. The van der Waals surface area contributed by atoms with Gasteiger partial charge in [0.15, 0.2) is 0 Å². The van der Waals surface area contributed by atoms with E-state index in [4.69, 9.17) is 4.99 Å². The number of para-hydroxylation sites is 1. The molecular weight excluding hydrogens is 550 g/mol. The fourth-order valence-electron chi connectivity index (χ4n) is 6.63. The highest BCUT2D eigenvalue weighted by Crippen LogP contribution is 2.34. The van der Waals surface area contributed by atoms with Gasteiger partial charge >= 0.3 is 6.03 Å². The van der Waals surface area contributed by atoms with E-state index in [1.165, 1.54) is 12.1 Å². The van der Waals surface area contributed by atoms with E-state index in [2.05, 4.69) is 45.3 Å². The van der Waals surface area contributed by atoms with Crippen molar-refractivity contribution in [3.8, 4) is 0 Å². The summed E-state index contributed by atoms with van der Waals surface area (Å²) >= 11 is 0. The van der Waals surface area contributed by atoms with E-state index in [1.54, 1.807) is 0 Å². The molecule has 1 aromatic heterocycles. The van der Waals surface area contributed by atoms with Gasteiger partial charge in [-0.25, -0.2) is 4.79 Å². The largest absolute Gasteiger partial charge is 0.368 e. The number of nitrogens with one attached hydrogen (secondary N) is 2. The maximum Gasteiger partial charge on any atom is 0.321 e. The Kier molecular flexibility index (Phi) is 9.09. The molecule has 0 spiro atoms. The van der Waals surface area contributed by atoms with Crippen LogP contribution in [0, 0.1) is 11.8 Å². The highest BCUT2D eigenvalue weighted by molar-refractivity contribution is 6.14. The zero-order valence-electron chi connectivity index (χ0n) is 25.8. The lowest BCUT2D eigenvalue weighted by atomic mass is 9.82. The zero-order chi connectivity index (χ0) is 30.5. The SMILES string of the molecule is CC(C)CN1C(=O)C(NC(=O)Nc2ccc(N3CCN(c4ccncc4)CC3)cc2)N=C(C2CCCCC2)c2ccccc21. The topological polar surface area (TPSA) is 93.2 Å². The number of amides is 3. The molecule has 6 rings (SSSR count). The number of aromatic nitrogens is 1. The summed E-state index contributed by atoms with van der Waals surface area (Å²) in [5.41, 5.74) is 5.82. The fraction of sp³-hybridized carbons (Fsp3) is 0.429. The maximum atomic E-state index is 14.0. The molecule has 9 heteroatoms. The predicted molar refractivity (Wildman–Crippen MR) is 178 cm³/mol. The molecule has 2 aliphatic heterocycles. The third kappa shape index (κ3) is 6.72. The number of fused-ring (bicyclic) bond motifs is 1. The van der Waals surface area contributed by atoms with Crippen LogP contribution in [0.2, 0.25) is 0 Å². The number of anilines is 4. The van der Waals surface area contributed by atoms with Crippen molar-refractivity contribution in [1.29, 1.82) is 0 Å². The standard InChI is InChI=1S/C35H43N7O2/c1-25(2)24-42-31-11-7-6-10-30(31)32(26-8-4-3-5-9-26)38-33(34(42)43)39-35(44)37-27-12-14-28(15-13-27)40-20-22-41(23-21-40)29-16-18-36-19-17-29/h6-7,10-19,25-26,33H,3-5,8-9,20-24H2,1-2H3,(H2,37,39,44). The van der Waals surface area contributed by atoms with E-state index in [9.17, 15) is 9.59 Å². The van der Waals surface area contributed by atoms with Crippen LogP contribution in [0.25, 0.3) is 0 Å². The van der Waals surface area contributed by atoms with Crippen molar-refractivity contribution in [3.63, 3.8) is 0 Å². The first-order chi connectivity index (χ1) is 21.5. The summed E-state index contributed by atoms with van der Waals surface area (Å²) in [5.74, 6) is 0.339. The average molecular weight is 594 g/mol. The summed E-state index contributed by atoms with van der Waals surface area (Å²) in [5, 5.41) is 5.85. The second-order valence-electron chi connectivity index (χ2n) is 12.4. The molecule has 3 aliphatic rings. The Hall–Kier alpha value is -4.40. The first-order valence-corrected chi connectivity index (χ1v) is 16.0. The van der Waals surface area contributed by atoms with Crippen LogP contribution in [-0.2, 0) is 4.79 Å². The Morgan fingerprint density at radius 2 is 1.50 bits per heavy atom. The smallest absolute Gasteiger partial charge is 0.321 e. The quantitative estimate of drug-likeness (QED) is 0.354. The Labute approximate surface area is 260 Å². The number of piperazine rings is 1. The van der Waals surface area contributed by atoms with Crippen LogP contribution in [0.1, 0.15) is 51.5 Å². The van der Waals surface area contributed by atoms with Crippen LogP contribution in [0.3, 0.4) is 0 Å². The molecule has 230 valence electrons. The summed E-state index contributed by atoms with van der Waals surface area (Å²) < 4.78 is 0. The van der Waals surface area contributed by atoms with Gasteiger partial charge in [0.2, 0.25) is 6.17 Å². The lowest BCUT2D eigenvalue weighted by Gasteiger charge is -2.37. The number of carbonyl (C=O) groups is 2. The van der Waals surface area contributed by atoms with E-state index in [-0.39, 0.29) is 17.7 Å². The van der Waals surface area contributed by atoms with Crippen molar-refractivity contribution in [1.82, 2.24) is 10.3 Å². The van der Waals surface area contributed by atoms with Gasteiger partial charge in [0.1, 0.15) is 0 Å². The summed E-state index contributed by atoms with van der Waals surface area (Å²) in [7, 11) is 0. The Morgan fingerprint density at radius 3 is 2.16 bits per heavy atom. The molecule has 0 radical (unpaired) electrons. The molecule has 2 fully saturated rings. The molecule has 0 bridgehead atoms. The van der Waals surface area contributed by atoms with Crippen LogP contribution in [0.4, 0.5) is 27.5 Å². The van der Waals surface area contributed by atoms with Crippen LogP contribution >= 0.6 is 0 Å². The highest BCUT2D eigenvalue weighted by Gasteiger charge is 2.35. The van der Waals surface area contributed by atoms with E-state index in [0.29, 0.717) is 12.2 Å². The second-order valence-corrected chi connectivity index (χ2v) is 12.4. The van der Waals surface area contributed by atoms with Crippen LogP contribution < -0.4 is 25.3 Å². The number of urea groups is 1. The molecule has 2 N–H and O–H groups in total. The third-order valence-electron chi connectivity index (χ3n) is 8.84. The zero-order valence-corrected chi connectivity index (χ0v) is 25.8. The molecular formula is C35H43N7O2. The van der Waals surface area contributed by atoms with Crippen LogP contribution in [-0.4, -0.2) is 61.5 Å². The normalized spacial score (nSPS) is 19.3. The van der Waals surface area contributed by atoms with Gasteiger partial charge < -0.3 is 25.3 Å². The van der Waals surface area contributed by atoms with Crippen molar-refractivity contribution in [2.75, 3.05) is 52.7 Å². The first kappa shape index (κ1) is 29.7. The molecule has 3 heterocycles. The Morgan fingerprint density at radius 1 is 0.864 bits per heavy atom. The Bertz CT molecular complexity index is 1460. The van der Waals surface area contributed by atoms with Gasteiger partial charge in [-0.15, -0.1) is 0 Å². The number of rotatable bonds is 7. The van der Waals surface area contributed by atoms with E-state index in [0.717, 1.165) is 74.5 Å². The minimum Gasteiger partial charge on any atom is -0.368 e. The molecule has 2 aromatic carbocycles. The lowest BCUT2D eigenvalue weighted by Crippen LogP contribution is -2.49. The minimum absolute atomic E-state index is 0.201. The highest BCUT2D eigenvalue weighted by atomic mass is 16.2. The molecule has 9 nitrogen and oxygen atoms in total. The summed E-state index contributed by atoms with van der Waals surface area (Å²) in [6.07, 6.45) is 8.32. The van der Waals surface area contributed by atoms with Gasteiger partial charge in [-0.05, 0) is 61.2 Å². The number of aliphatic imine (C=N–C) groups is 1. The van der Waals surface area contributed by atoms with Crippen LogP contribution in [0.5, 0.6) is 0 Å². The number of hydrogen-bond donors (Lipinski definition) is 2. The molecule has 1 atom stereocenters. The van der Waals surface area contributed by atoms with Gasteiger partial charge in [0, 0.05) is 73.7 Å². The summed E-state index contributed by atoms with van der Waals surface area (Å²) in [6.45, 7) is 8.45. The van der Waals surface area contributed by atoms with Crippen molar-refractivity contribution in [3.05, 3.63) is 78.6 Å². The van der Waals surface area contributed by atoms with Crippen molar-refractivity contribution in [2.45, 2.75) is 52.1 Å². The number of carbonyl (C=O) groups excluding carboxylic acids is 2. The maximum absolute atomic E-state index is 14.0. The summed E-state index contributed by atoms with van der Waals surface area (Å²) in [4.78, 5) is 42.9. The molecule has 1 aliphatic carbocycles. The third-order valence-corrected chi connectivity index (χ3v) is 8.84. The number of pyridine rings is 1. The average Bonchev–Trinajstić information content (AvgIpc) is 3.16. The minimum atomic E-state index is -0.992. The molecule has 1 saturated heterocycles. The van der Waals surface area contributed by atoms with Gasteiger partial charge in [-0.1, -0.05) is 51.3 Å². The Balaban J connectivity index is 1.14. The van der Waals surface area contributed by atoms with Crippen molar-refractivity contribution >= 4 is 40.4 Å². The number of benzene rings is 2.